The zero-order valence-electron chi connectivity index (χ0n) is 19.9. The van der Waals surface area contributed by atoms with Gasteiger partial charge in [-0.25, -0.2) is 23.1 Å². The summed E-state index contributed by atoms with van der Waals surface area (Å²) in [6.45, 7) is 1.89. The molecule has 0 aliphatic heterocycles. The topological polar surface area (TPSA) is 120 Å². The Balaban J connectivity index is 1.59. The zero-order valence-corrected chi connectivity index (χ0v) is 20.7. The van der Waals surface area contributed by atoms with Crippen LogP contribution in [0.3, 0.4) is 0 Å². The second-order valence-electron chi connectivity index (χ2n) is 8.98. The van der Waals surface area contributed by atoms with Crippen LogP contribution >= 0.6 is 0 Å². The van der Waals surface area contributed by atoms with Gasteiger partial charge < -0.3 is 9.72 Å². The number of hydrogen-bond donors (Lipinski definition) is 1. The molecule has 0 spiro atoms. The number of rotatable bonds is 5. The number of hydrogen-bond acceptors (Lipinski definition) is 7. The van der Waals surface area contributed by atoms with Crippen molar-refractivity contribution >= 4 is 20.9 Å². The molecule has 1 aliphatic carbocycles. The SMILES string of the molecule is COc1nc(S(=O)(=O)c2ccc(C)cc2)ccc1-c1nc2c(c(C3CCCCC3)nn2C)c(=O)[nH]1. The number of benzene rings is 1. The number of aryl methyl sites for hydroxylation is 2. The number of fused-ring (bicyclic) bond motifs is 1. The Hall–Kier alpha value is -3.53. The van der Waals surface area contributed by atoms with Crippen molar-refractivity contribution in [3.8, 4) is 17.3 Å². The average molecular weight is 494 g/mol. The van der Waals surface area contributed by atoms with Gasteiger partial charge in [-0.05, 0) is 44.0 Å². The van der Waals surface area contributed by atoms with Crippen molar-refractivity contribution in [2.45, 2.75) is 54.9 Å². The van der Waals surface area contributed by atoms with Crippen LogP contribution in [0.25, 0.3) is 22.4 Å². The highest BCUT2D eigenvalue weighted by molar-refractivity contribution is 7.91. The fourth-order valence-corrected chi connectivity index (χ4v) is 5.91. The second kappa shape index (κ2) is 8.92. The van der Waals surface area contributed by atoms with E-state index in [1.807, 2.05) is 6.92 Å². The Morgan fingerprint density at radius 2 is 1.74 bits per heavy atom. The molecule has 35 heavy (non-hydrogen) atoms. The number of H-pyrrole nitrogens is 1. The minimum atomic E-state index is -3.84. The molecule has 1 aromatic carbocycles. The first-order valence-electron chi connectivity index (χ1n) is 11.6. The molecule has 1 N–H and O–H groups in total. The van der Waals surface area contributed by atoms with Crippen LogP contribution in [0.5, 0.6) is 5.88 Å². The van der Waals surface area contributed by atoms with E-state index < -0.39 is 9.84 Å². The first-order valence-corrected chi connectivity index (χ1v) is 13.1. The molecule has 5 rings (SSSR count). The summed E-state index contributed by atoms with van der Waals surface area (Å²) in [5.74, 6) is 0.545. The van der Waals surface area contributed by atoms with Gasteiger partial charge in [0.2, 0.25) is 15.7 Å². The fraction of sp³-hybridized carbons (Fsp3) is 0.360. The summed E-state index contributed by atoms with van der Waals surface area (Å²) in [6.07, 6.45) is 5.51. The molecule has 0 saturated heterocycles. The molecular weight excluding hydrogens is 466 g/mol. The minimum Gasteiger partial charge on any atom is -0.480 e. The lowest BCUT2D eigenvalue weighted by Crippen LogP contribution is -2.14. The lowest BCUT2D eigenvalue weighted by Gasteiger charge is -2.19. The third kappa shape index (κ3) is 4.12. The number of nitrogens with one attached hydrogen (secondary N) is 1. The van der Waals surface area contributed by atoms with E-state index in [-0.39, 0.29) is 33.1 Å². The molecule has 4 aromatic rings. The highest BCUT2D eigenvalue weighted by Gasteiger charge is 2.26. The number of sulfone groups is 1. The van der Waals surface area contributed by atoms with Crippen LogP contribution in [0.4, 0.5) is 0 Å². The Morgan fingerprint density at radius 3 is 2.43 bits per heavy atom. The molecule has 3 heterocycles. The largest absolute Gasteiger partial charge is 0.480 e. The first-order chi connectivity index (χ1) is 16.8. The van der Waals surface area contributed by atoms with Crippen LogP contribution in [-0.4, -0.2) is 40.3 Å². The molecule has 0 bridgehead atoms. The number of nitrogens with zero attached hydrogens (tertiary/aromatic N) is 4. The molecule has 182 valence electrons. The number of aromatic amines is 1. The maximum Gasteiger partial charge on any atom is 0.262 e. The predicted molar refractivity (Wildman–Crippen MR) is 131 cm³/mol. The number of aromatic nitrogens is 5. The smallest absolute Gasteiger partial charge is 0.262 e. The van der Waals surface area contributed by atoms with Gasteiger partial charge in [0, 0.05) is 13.0 Å². The third-order valence-electron chi connectivity index (χ3n) is 6.60. The van der Waals surface area contributed by atoms with Crippen molar-refractivity contribution in [2.75, 3.05) is 7.11 Å². The summed E-state index contributed by atoms with van der Waals surface area (Å²) in [7, 11) is -0.669. The van der Waals surface area contributed by atoms with E-state index >= 15 is 0 Å². The van der Waals surface area contributed by atoms with Crippen LogP contribution in [-0.2, 0) is 16.9 Å². The van der Waals surface area contributed by atoms with Gasteiger partial charge in [0.05, 0.1) is 23.3 Å². The fourth-order valence-electron chi connectivity index (χ4n) is 4.72. The van der Waals surface area contributed by atoms with Gasteiger partial charge in [0.25, 0.3) is 5.56 Å². The van der Waals surface area contributed by atoms with Gasteiger partial charge in [-0.1, -0.05) is 37.0 Å². The minimum absolute atomic E-state index is 0.0513. The Bertz CT molecular complexity index is 1570. The van der Waals surface area contributed by atoms with Gasteiger partial charge in [0.15, 0.2) is 10.7 Å². The standard InChI is InChI=1S/C25H27N5O4S/c1-15-9-11-17(12-10-15)35(32,33)19-14-13-18(25(26-19)34-3)22-27-23-20(24(31)28-22)21(29-30(23)2)16-7-5-4-6-8-16/h9-14,16H,4-8H2,1-3H3,(H,27,28,31). The summed E-state index contributed by atoms with van der Waals surface area (Å²) in [6, 6.07) is 9.51. The number of ether oxygens (including phenoxy) is 1. The van der Waals surface area contributed by atoms with Crippen molar-refractivity contribution < 1.29 is 13.2 Å². The highest BCUT2D eigenvalue weighted by Crippen LogP contribution is 2.35. The van der Waals surface area contributed by atoms with Crippen molar-refractivity contribution in [1.82, 2.24) is 24.7 Å². The van der Waals surface area contributed by atoms with Crippen LogP contribution < -0.4 is 10.3 Å². The van der Waals surface area contributed by atoms with Crippen molar-refractivity contribution in [1.29, 1.82) is 0 Å². The summed E-state index contributed by atoms with van der Waals surface area (Å²) in [5.41, 5.74) is 2.33. The van der Waals surface area contributed by atoms with Crippen LogP contribution in [0.2, 0.25) is 0 Å². The maximum absolute atomic E-state index is 13.2. The van der Waals surface area contributed by atoms with E-state index in [0.717, 1.165) is 36.9 Å². The van der Waals surface area contributed by atoms with Gasteiger partial charge >= 0.3 is 0 Å². The van der Waals surface area contributed by atoms with E-state index in [1.165, 1.54) is 19.6 Å². The van der Waals surface area contributed by atoms with Gasteiger partial charge in [0.1, 0.15) is 11.2 Å². The lowest BCUT2D eigenvalue weighted by atomic mass is 9.86. The molecule has 1 aliphatic rings. The summed E-state index contributed by atoms with van der Waals surface area (Å²) in [5, 5.41) is 5.01. The Labute approximate surface area is 203 Å². The third-order valence-corrected chi connectivity index (χ3v) is 8.27. The Kier molecular flexibility index (Phi) is 5.92. The predicted octanol–water partition coefficient (Wildman–Crippen LogP) is 3.92. The molecule has 9 nitrogen and oxygen atoms in total. The van der Waals surface area contributed by atoms with Crippen molar-refractivity contribution in [2.24, 2.45) is 7.05 Å². The van der Waals surface area contributed by atoms with E-state index in [1.54, 1.807) is 42.1 Å². The van der Waals surface area contributed by atoms with E-state index in [4.69, 9.17) is 4.74 Å². The van der Waals surface area contributed by atoms with Crippen molar-refractivity contribution in [3.63, 3.8) is 0 Å². The maximum atomic E-state index is 13.2. The average Bonchev–Trinajstić information content (AvgIpc) is 3.21. The van der Waals surface area contributed by atoms with Crippen LogP contribution in [0, 0.1) is 6.92 Å². The monoisotopic (exact) mass is 493 g/mol. The zero-order chi connectivity index (χ0) is 24.7. The molecule has 3 aromatic heterocycles. The molecule has 0 unspecified atom stereocenters. The molecule has 1 fully saturated rings. The molecule has 0 atom stereocenters. The lowest BCUT2D eigenvalue weighted by molar-refractivity contribution is 0.395. The van der Waals surface area contributed by atoms with Crippen molar-refractivity contribution in [3.05, 3.63) is 58.0 Å². The van der Waals surface area contributed by atoms with Crippen LogP contribution in [0.1, 0.15) is 49.3 Å². The molecule has 0 radical (unpaired) electrons. The van der Waals surface area contributed by atoms with Gasteiger partial charge in [-0.2, -0.15) is 5.10 Å². The van der Waals surface area contributed by atoms with Crippen LogP contribution in [0.15, 0.2) is 51.1 Å². The molecular formula is C25H27N5O4S. The Morgan fingerprint density at radius 1 is 1.03 bits per heavy atom. The number of pyridine rings is 1. The van der Waals surface area contributed by atoms with Gasteiger partial charge in [-0.15, -0.1) is 0 Å². The van der Waals surface area contributed by atoms with E-state index in [2.05, 4.69) is 20.1 Å². The second-order valence-corrected chi connectivity index (χ2v) is 10.9. The van der Waals surface area contributed by atoms with E-state index in [0.29, 0.717) is 16.6 Å². The van der Waals surface area contributed by atoms with Gasteiger partial charge in [-0.3, -0.25) is 4.79 Å². The molecule has 1 saturated carbocycles. The quantitative estimate of drug-likeness (QED) is 0.447. The normalized spacial score (nSPS) is 14.9. The highest BCUT2D eigenvalue weighted by atomic mass is 32.2. The summed E-state index contributed by atoms with van der Waals surface area (Å²) < 4.78 is 33.2. The first kappa shape index (κ1) is 23.2. The number of methoxy groups -OCH3 is 1. The summed E-state index contributed by atoms with van der Waals surface area (Å²) >= 11 is 0. The van der Waals surface area contributed by atoms with E-state index in [9.17, 15) is 13.2 Å². The molecule has 10 heteroatoms. The molecule has 0 amide bonds. The summed E-state index contributed by atoms with van der Waals surface area (Å²) in [4.78, 5) is 25.1.